The van der Waals surface area contributed by atoms with Crippen LogP contribution in [0, 0.1) is 0 Å². The van der Waals surface area contributed by atoms with E-state index in [4.69, 9.17) is 9.15 Å². The molecule has 2 heterocycles. The molecule has 0 unspecified atom stereocenters. The van der Waals surface area contributed by atoms with Gasteiger partial charge in [-0.2, -0.15) is 0 Å². The molecule has 1 aromatic rings. The molecule has 1 aliphatic heterocycles. The molecule has 6 heteroatoms. The first-order valence-corrected chi connectivity index (χ1v) is 10.9. The number of hydrogen-bond acceptors (Lipinski definition) is 4. The normalized spacial score (nSPS) is 19.0. The fourth-order valence-corrected chi connectivity index (χ4v) is 3.78. The standard InChI is InChI=1S/C22H34N2O4/c1-2-3-4-5-10-21(25)24(18-11-12-18)17-22(26)23(15-19-8-6-13-27-19)16-20-9-7-14-28-20/h6,8,13,18,20H,2-5,7,9-12,14-17H2,1H3/t20-/m0/s1. The summed E-state index contributed by atoms with van der Waals surface area (Å²) in [7, 11) is 0. The molecule has 2 aliphatic rings. The number of furan rings is 1. The summed E-state index contributed by atoms with van der Waals surface area (Å²) in [5, 5.41) is 0. The predicted octanol–water partition coefficient (Wildman–Crippen LogP) is 3.75. The Labute approximate surface area is 168 Å². The Morgan fingerprint density at radius 3 is 2.64 bits per heavy atom. The number of amides is 2. The highest BCUT2D eigenvalue weighted by atomic mass is 16.5. The number of unbranched alkanes of at least 4 members (excludes halogenated alkanes) is 3. The van der Waals surface area contributed by atoms with Crippen molar-refractivity contribution in [2.75, 3.05) is 19.7 Å². The lowest BCUT2D eigenvalue weighted by atomic mass is 10.1. The fraction of sp³-hybridized carbons (Fsp3) is 0.727. The first kappa shape index (κ1) is 20.9. The van der Waals surface area contributed by atoms with E-state index in [9.17, 15) is 9.59 Å². The Bertz CT molecular complexity index is 606. The first-order chi connectivity index (χ1) is 13.7. The van der Waals surface area contributed by atoms with Gasteiger partial charge in [-0.3, -0.25) is 9.59 Å². The first-order valence-electron chi connectivity index (χ1n) is 10.9. The molecule has 0 bridgehead atoms. The number of nitrogens with zero attached hydrogens (tertiary/aromatic N) is 2. The summed E-state index contributed by atoms with van der Waals surface area (Å²) in [6.07, 6.45) is 10.6. The molecule has 0 spiro atoms. The van der Waals surface area contributed by atoms with Crippen molar-refractivity contribution < 1.29 is 18.7 Å². The van der Waals surface area contributed by atoms with Crippen LogP contribution in [0.4, 0.5) is 0 Å². The molecule has 1 saturated heterocycles. The molecule has 2 amide bonds. The van der Waals surface area contributed by atoms with Crippen LogP contribution in [0.5, 0.6) is 0 Å². The molecule has 1 aliphatic carbocycles. The molecule has 156 valence electrons. The van der Waals surface area contributed by atoms with E-state index in [-0.39, 0.29) is 30.5 Å². The zero-order valence-electron chi connectivity index (χ0n) is 17.1. The minimum Gasteiger partial charge on any atom is -0.467 e. The third-order valence-corrected chi connectivity index (χ3v) is 5.59. The summed E-state index contributed by atoms with van der Waals surface area (Å²) in [6, 6.07) is 3.96. The zero-order valence-corrected chi connectivity index (χ0v) is 17.1. The van der Waals surface area contributed by atoms with Crippen molar-refractivity contribution in [3.63, 3.8) is 0 Å². The molecule has 0 aromatic carbocycles. The number of rotatable bonds is 12. The van der Waals surface area contributed by atoms with Crippen LogP contribution in [0.3, 0.4) is 0 Å². The second-order valence-corrected chi connectivity index (χ2v) is 8.05. The Balaban J connectivity index is 1.58. The second kappa shape index (κ2) is 10.6. The number of carbonyl (C=O) groups is 2. The van der Waals surface area contributed by atoms with Crippen molar-refractivity contribution in [3.05, 3.63) is 24.2 Å². The van der Waals surface area contributed by atoms with Gasteiger partial charge in [-0.15, -0.1) is 0 Å². The maximum absolute atomic E-state index is 13.1. The number of ether oxygens (including phenoxy) is 1. The highest BCUT2D eigenvalue weighted by molar-refractivity contribution is 5.85. The van der Waals surface area contributed by atoms with E-state index >= 15 is 0 Å². The van der Waals surface area contributed by atoms with Crippen molar-refractivity contribution >= 4 is 11.8 Å². The summed E-state index contributed by atoms with van der Waals surface area (Å²) in [6.45, 7) is 4.08. The lowest BCUT2D eigenvalue weighted by molar-refractivity contribution is -0.142. The molecular formula is C22H34N2O4. The molecule has 3 rings (SSSR count). The third-order valence-electron chi connectivity index (χ3n) is 5.59. The van der Waals surface area contributed by atoms with Gasteiger partial charge >= 0.3 is 0 Å². The SMILES string of the molecule is CCCCCCC(=O)N(CC(=O)N(Cc1ccco1)C[C@@H]1CCCO1)C1CC1. The smallest absolute Gasteiger partial charge is 0.242 e. The minimum atomic E-state index is -0.0132. The lowest BCUT2D eigenvalue weighted by Gasteiger charge is -2.29. The lowest BCUT2D eigenvalue weighted by Crippen LogP contribution is -2.45. The van der Waals surface area contributed by atoms with Gasteiger partial charge in [-0.25, -0.2) is 0 Å². The van der Waals surface area contributed by atoms with Crippen molar-refractivity contribution in [2.45, 2.75) is 83.4 Å². The average molecular weight is 391 g/mol. The summed E-state index contributed by atoms with van der Waals surface area (Å²) >= 11 is 0. The maximum Gasteiger partial charge on any atom is 0.242 e. The van der Waals surface area contributed by atoms with Gasteiger partial charge in [-0.05, 0) is 44.2 Å². The van der Waals surface area contributed by atoms with Crippen LogP contribution in [0.2, 0.25) is 0 Å². The van der Waals surface area contributed by atoms with E-state index < -0.39 is 0 Å². The number of carbonyl (C=O) groups excluding carboxylic acids is 2. The van der Waals surface area contributed by atoms with Gasteiger partial charge in [0.15, 0.2) is 0 Å². The van der Waals surface area contributed by atoms with Gasteiger partial charge < -0.3 is 19.0 Å². The predicted molar refractivity (Wildman–Crippen MR) is 107 cm³/mol. The molecule has 2 fully saturated rings. The van der Waals surface area contributed by atoms with E-state index in [1.165, 1.54) is 0 Å². The third kappa shape index (κ3) is 6.36. The molecule has 1 aromatic heterocycles. The second-order valence-electron chi connectivity index (χ2n) is 8.05. The van der Waals surface area contributed by atoms with E-state index in [1.807, 2.05) is 17.0 Å². The molecule has 1 saturated carbocycles. The van der Waals surface area contributed by atoms with Crippen molar-refractivity contribution in [2.24, 2.45) is 0 Å². The molecule has 0 N–H and O–H groups in total. The van der Waals surface area contributed by atoms with Crippen LogP contribution in [0.1, 0.15) is 70.5 Å². The molecule has 28 heavy (non-hydrogen) atoms. The van der Waals surface area contributed by atoms with Gasteiger partial charge in [0.05, 0.1) is 18.9 Å². The van der Waals surface area contributed by atoms with E-state index in [1.54, 1.807) is 11.2 Å². The quantitative estimate of drug-likeness (QED) is 0.510. The van der Waals surface area contributed by atoms with Crippen molar-refractivity contribution in [1.82, 2.24) is 9.80 Å². The van der Waals surface area contributed by atoms with E-state index in [0.717, 1.165) is 63.7 Å². The average Bonchev–Trinajstić information content (AvgIpc) is 3.16. The number of hydrogen-bond donors (Lipinski definition) is 0. The van der Waals surface area contributed by atoms with Crippen molar-refractivity contribution in [1.29, 1.82) is 0 Å². The van der Waals surface area contributed by atoms with Gasteiger partial charge in [0, 0.05) is 25.6 Å². The molecule has 1 atom stereocenters. The molecular weight excluding hydrogens is 356 g/mol. The monoisotopic (exact) mass is 390 g/mol. The van der Waals surface area contributed by atoms with Crippen LogP contribution in [0.25, 0.3) is 0 Å². The van der Waals surface area contributed by atoms with E-state index in [2.05, 4.69) is 6.92 Å². The summed E-state index contributed by atoms with van der Waals surface area (Å²) in [4.78, 5) is 29.5. The fourth-order valence-electron chi connectivity index (χ4n) is 3.78. The maximum atomic E-state index is 13.1. The molecule has 0 radical (unpaired) electrons. The largest absolute Gasteiger partial charge is 0.467 e. The van der Waals surface area contributed by atoms with Gasteiger partial charge in [0.25, 0.3) is 0 Å². The van der Waals surface area contributed by atoms with Crippen molar-refractivity contribution in [3.8, 4) is 0 Å². The summed E-state index contributed by atoms with van der Waals surface area (Å²) in [5.74, 6) is 0.873. The summed E-state index contributed by atoms with van der Waals surface area (Å²) in [5.41, 5.74) is 0. The Morgan fingerprint density at radius 1 is 1.14 bits per heavy atom. The highest BCUT2D eigenvalue weighted by Gasteiger charge is 2.35. The van der Waals surface area contributed by atoms with Crippen LogP contribution in [0.15, 0.2) is 22.8 Å². The van der Waals surface area contributed by atoms with Gasteiger partial charge in [0.2, 0.25) is 11.8 Å². The topological polar surface area (TPSA) is 63.0 Å². The molecule has 6 nitrogen and oxygen atoms in total. The Hall–Kier alpha value is -1.82. The van der Waals surface area contributed by atoms with Crippen LogP contribution in [-0.2, 0) is 20.9 Å². The Morgan fingerprint density at radius 2 is 2.00 bits per heavy atom. The minimum absolute atomic E-state index is 0.0132. The van der Waals surface area contributed by atoms with Crippen LogP contribution < -0.4 is 0 Å². The zero-order chi connectivity index (χ0) is 19.8. The highest BCUT2D eigenvalue weighted by Crippen LogP contribution is 2.28. The van der Waals surface area contributed by atoms with Gasteiger partial charge in [0.1, 0.15) is 12.3 Å². The van der Waals surface area contributed by atoms with Gasteiger partial charge in [-0.1, -0.05) is 26.2 Å². The van der Waals surface area contributed by atoms with Crippen LogP contribution >= 0.6 is 0 Å². The Kier molecular flexibility index (Phi) is 7.95. The van der Waals surface area contributed by atoms with E-state index in [0.29, 0.717) is 19.5 Å². The van der Waals surface area contributed by atoms with Crippen LogP contribution in [-0.4, -0.2) is 53.5 Å². The summed E-state index contributed by atoms with van der Waals surface area (Å²) < 4.78 is 11.2.